The van der Waals surface area contributed by atoms with Crippen molar-refractivity contribution in [2.45, 2.75) is 19.5 Å². The molecule has 1 rings (SSSR count). The summed E-state index contributed by atoms with van der Waals surface area (Å²) in [6, 6.07) is 4.83. The van der Waals surface area contributed by atoms with Crippen LogP contribution in [0.4, 0.5) is 18.9 Å². The third kappa shape index (κ3) is 3.97. The highest BCUT2D eigenvalue weighted by Crippen LogP contribution is 2.19. The number of carbonyl (C=O) groups is 1. The molecule has 0 aliphatic heterocycles. The van der Waals surface area contributed by atoms with E-state index in [9.17, 15) is 18.0 Å². The lowest BCUT2D eigenvalue weighted by Gasteiger charge is -2.10. The molecule has 0 saturated heterocycles. The second-order valence-electron chi connectivity index (χ2n) is 3.66. The number of alkyl halides is 3. The van der Waals surface area contributed by atoms with Gasteiger partial charge in [-0.2, -0.15) is 13.2 Å². The minimum atomic E-state index is -4.27. The summed E-state index contributed by atoms with van der Waals surface area (Å²) in [6.45, 7) is 1.28. The maximum Gasteiger partial charge on any atom is 0.390 e. The van der Waals surface area contributed by atoms with Crippen LogP contribution >= 0.6 is 0 Å². The fourth-order valence-electron chi connectivity index (χ4n) is 1.29. The summed E-state index contributed by atoms with van der Waals surface area (Å²) in [4.78, 5) is 11.5. The molecule has 94 valence electrons. The molecule has 3 N–H and O–H groups in total. The van der Waals surface area contributed by atoms with E-state index in [1.54, 1.807) is 19.1 Å². The van der Waals surface area contributed by atoms with Gasteiger partial charge >= 0.3 is 6.18 Å². The number of anilines is 1. The number of rotatable bonds is 3. The van der Waals surface area contributed by atoms with Crippen LogP contribution in [0.1, 0.15) is 22.3 Å². The average molecular weight is 246 g/mol. The second-order valence-corrected chi connectivity index (χ2v) is 3.66. The first-order valence-corrected chi connectivity index (χ1v) is 5.01. The van der Waals surface area contributed by atoms with Crippen molar-refractivity contribution in [3.05, 3.63) is 29.3 Å². The monoisotopic (exact) mass is 246 g/mol. The van der Waals surface area contributed by atoms with Crippen molar-refractivity contribution in [1.29, 1.82) is 0 Å². The Labute approximate surface area is 96.8 Å². The van der Waals surface area contributed by atoms with Gasteiger partial charge in [-0.3, -0.25) is 4.79 Å². The standard InChI is InChI=1S/C11H13F3N2O/c1-7-3-2-4-8(9(7)15)10(17)16-6-5-11(12,13)14/h2-4H,5-6,15H2,1H3,(H,16,17). The molecule has 0 radical (unpaired) electrons. The van der Waals surface area contributed by atoms with Crippen LogP contribution in [0.25, 0.3) is 0 Å². The molecule has 0 atom stereocenters. The summed E-state index contributed by atoms with van der Waals surface area (Å²) < 4.78 is 35.6. The van der Waals surface area contributed by atoms with E-state index in [4.69, 9.17) is 5.73 Å². The van der Waals surface area contributed by atoms with E-state index in [0.29, 0.717) is 5.56 Å². The minimum absolute atomic E-state index is 0.201. The number of carbonyl (C=O) groups excluding carboxylic acids is 1. The van der Waals surface area contributed by atoms with Crippen molar-refractivity contribution < 1.29 is 18.0 Å². The van der Waals surface area contributed by atoms with Gasteiger partial charge in [0.05, 0.1) is 12.0 Å². The van der Waals surface area contributed by atoms with Gasteiger partial charge in [-0.25, -0.2) is 0 Å². The lowest BCUT2D eigenvalue weighted by atomic mass is 10.1. The molecule has 1 amide bonds. The maximum atomic E-state index is 11.9. The fourth-order valence-corrected chi connectivity index (χ4v) is 1.29. The van der Waals surface area contributed by atoms with Crippen LogP contribution in [-0.2, 0) is 0 Å². The van der Waals surface area contributed by atoms with E-state index in [1.165, 1.54) is 6.07 Å². The van der Waals surface area contributed by atoms with Crippen molar-refractivity contribution in [3.8, 4) is 0 Å². The number of hydrogen-bond acceptors (Lipinski definition) is 2. The van der Waals surface area contributed by atoms with Gasteiger partial charge in [0.25, 0.3) is 5.91 Å². The molecule has 0 saturated carbocycles. The number of nitrogen functional groups attached to an aromatic ring is 1. The first-order chi connectivity index (χ1) is 7.81. The summed E-state index contributed by atoms with van der Waals surface area (Å²) in [5.74, 6) is -0.588. The minimum Gasteiger partial charge on any atom is -0.398 e. The van der Waals surface area contributed by atoms with Crippen LogP contribution in [0.5, 0.6) is 0 Å². The molecule has 1 aromatic rings. The lowest BCUT2D eigenvalue weighted by molar-refractivity contribution is -0.132. The normalized spacial score (nSPS) is 11.3. The van der Waals surface area contributed by atoms with E-state index in [2.05, 4.69) is 5.32 Å². The van der Waals surface area contributed by atoms with Crippen LogP contribution < -0.4 is 11.1 Å². The topological polar surface area (TPSA) is 55.1 Å². The number of para-hydroxylation sites is 1. The molecule has 0 bridgehead atoms. The number of amides is 1. The van der Waals surface area contributed by atoms with Crippen LogP contribution in [-0.4, -0.2) is 18.6 Å². The summed E-state index contributed by atoms with van der Waals surface area (Å²) in [5.41, 5.74) is 6.86. The van der Waals surface area contributed by atoms with Crippen molar-refractivity contribution >= 4 is 11.6 Å². The number of benzene rings is 1. The third-order valence-corrected chi connectivity index (χ3v) is 2.26. The van der Waals surface area contributed by atoms with Gasteiger partial charge in [-0.05, 0) is 18.6 Å². The molecule has 0 aliphatic rings. The fraction of sp³-hybridized carbons (Fsp3) is 0.364. The molecule has 17 heavy (non-hydrogen) atoms. The molecule has 1 aromatic carbocycles. The molecule has 6 heteroatoms. The van der Waals surface area contributed by atoms with Crippen LogP contribution in [0.3, 0.4) is 0 Å². The van der Waals surface area contributed by atoms with Gasteiger partial charge in [0, 0.05) is 12.2 Å². The number of halogens is 3. The third-order valence-electron chi connectivity index (χ3n) is 2.26. The molecule has 0 aromatic heterocycles. The Balaban J connectivity index is 2.62. The second kappa shape index (κ2) is 5.07. The zero-order valence-electron chi connectivity index (χ0n) is 9.27. The van der Waals surface area contributed by atoms with Crippen molar-refractivity contribution in [2.24, 2.45) is 0 Å². The quantitative estimate of drug-likeness (QED) is 0.804. The lowest BCUT2D eigenvalue weighted by Crippen LogP contribution is -2.28. The largest absolute Gasteiger partial charge is 0.398 e. The molecule has 0 aliphatic carbocycles. The van der Waals surface area contributed by atoms with Crippen LogP contribution in [0.15, 0.2) is 18.2 Å². The highest BCUT2D eigenvalue weighted by atomic mass is 19.4. The molecule has 0 heterocycles. The van der Waals surface area contributed by atoms with E-state index in [1.807, 2.05) is 0 Å². The Morgan fingerprint density at radius 2 is 2.06 bits per heavy atom. The Bertz CT molecular complexity index is 416. The van der Waals surface area contributed by atoms with Gasteiger partial charge in [0.15, 0.2) is 0 Å². The Morgan fingerprint density at radius 3 is 2.65 bits per heavy atom. The SMILES string of the molecule is Cc1cccc(C(=O)NCCC(F)(F)F)c1N. The first kappa shape index (κ1) is 13.3. The van der Waals surface area contributed by atoms with Crippen molar-refractivity contribution in [2.75, 3.05) is 12.3 Å². The summed E-state index contributed by atoms with van der Waals surface area (Å²) >= 11 is 0. The molecular formula is C11H13F3N2O. The number of nitrogens with two attached hydrogens (primary N) is 1. The van der Waals surface area contributed by atoms with Gasteiger partial charge in [-0.15, -0.1) is 0 Å². The molecular weight excluding hydrogens is 233 g/mol. The van der Waals surface area contributed by atoms with Gasteiger partial charge in [0.1, 0.15) is 0 Å². The van der Waals surface area contributed by atoms with Crippen LogP contribution in [0, 0.1) is 6.92 Å². The molecule has 0 unspecified atom stereocenters. The smallest absolute Gasteiger partial charge is 0.390 e. The summed E-state index contributed by atoms with van der Waals surface area (Å²) in [7, 11) is 0. The molecule has 0 spiro atoms. The van der Waals surface area contributed by atoms with E-state index in [0.717, 1.165) is 0 Å². The van der Waals surface area contributed by atoms with Gasteiger partial charge < -0.3 is 11.1 Å². The Kier molecular flexibility index (Phi) is 3.98. The Morgan fingerprint density at radius 1 is 1.41 bits per heavy atom. The summed E-state index contributed by atoms with van der Waals surface area (Å²) in [5, 5.41) is 2.18. The Hall–Kier alpha value is -1.72. The molecule has 0 fully saturated rings. The molecule has 3 nitrogen and oxygen atoms in total. The number of aryl methyl sites for hydroxylation is 1. The highest BCUT2D eigenvalue weighted by Gasteiger charge is 2.26. The van der Waals surface area contributed by atoms with E-state index < -0.39 is 25.0 Å². The van der Waals surface area contributed by atoms with Crippen molar-refractivity contribution in [3.63, 3.8) is 0 Å². The predicted molar refractivity (Wildman–Crippen MR) is 58.6 cm³/mol. The average Bonchev–Trinajstić information content (AvgIpc) is 2.20. The first-order valence-electron chi connectivity index (χ1n) is 5.01. The van der Waals surface area contributed by atoms with Crippen molar-refractivity contribution in [1.82, 2.24) is 5.32 Å². The van der Waals surface area contributed by atoms with Gasteiger partial charge in [-0.1, -0.05) is 12.1 Å². The van der Waals surface area contributed by atoms with E-state index in [-0.39, 0.29) is 11.3 Å². The number of hydrogen-bond donors (Lipinski definition) is 2. The van der Waals surface area contributed by atoms with E-state index >= 15 is 0 Å². The zero-order chi connectivity index (χ0) is 13.1. The summed E-state index contributed by atoms with van der Waals surface area (Å²) in [6.07, 6.45) is -5.32. The van der Waals surface area contributed by atoms with Crippen LogP contribution in [0.2, 0.25) is 0 Å². The zero-order valence-corrected chi connectivity index (χ0v) is 9.27. The maximum absolute atomic E-state index is 11.9. The number of nitrogens with one attached hydrogen (secondary N) is 1. The highest BCUT2D eigenvalue weighted by molar-refractivity contribution is 5.99. The van der Waals surface area contributed by atoms with Gasteiger partial charge in [0.2, 0.25) is 0 Å². The predicted octanol–water partition coefficient (Wildman–Crippen LogP) is 2.26.